The van der Waals surface area contributed by atoms with E-state index >= 15 is 0 Å². The summed E-state index contributed by atoms with van der Waals surface area (Å²) in [4.78, 5) is 25.0. The van der Waals surface area contributed by atoms with E-state index in [2.05, 4.69) is 39.6 Å². The number of rotatable bonds is 8. The lowest BCUT2D eigenvalue weighted by molar-refractivity contribution is -0.115. The number of aromatic nitrogens is 1. The molecule has 1 amide bonds. The number of para-hydroxylation sites is 1. The first-order valence-corrected chi connectivity index (χ1v) is 10.8. The summed E-state index contributed by atoms with van der Waals surface area (Å²) in [5.74, 6) is -0.121. The molecule has 1 aliphatic rings. The predicted molar refractivity (Wildman–Crippen MR) is 120 cm³/mol. The molecule has 0 saturated carbocycles. The number of nitrogens with zero attached hydrogens (tertiary/aromatic N) is 3. The van der Waals surface area contributed by atoms with Crippen LogP contribution < -0.4 is 10.6 Å². The zero-order chi connectivity index (χ0) is 19.9. The van der Waals surface area contributed by atoms with Crippen molar-refractivity contribution in [3.05, 3.63) is 45.8 Å². The second-order valence-corrected chi connectivity index (χ2v) is 8.87. The monoisotopic (exact) mass is 415 g/mol. The van der Waals surface area contributed by atoms with Gasteiger partial charge in [-0.3, -0.25) is 4.79 Å². The molecule has 0 bridgehead atoms. The van der Waals surface area contributed by atoms with Crippen LogP contribution in [0.2, 0.25) is 0 Å². The van der Waals surface area contributed by atoms with Gasteiger partial charge in [0.05, 0.1) is 15.5 Å². The minimum atomic E-state index is -0.121. The molecule has 1 aromatic carbocycles. The van der Waals surface area contributed by atoms with Gasteiger partial charge in [-0.1, -0.05) is 29.5 Å². The van der Waals surface area contributed by atoms with Crippen LogP contribution in [-0.4, -0.2) is 48.1 Å². The third kappa shape index (κ3) is 5.92. The van der Waals surface area contributed by atoms with Crippen molar-refractivity contribution in [1.82, 2.24) is 15.2 Å². The van der Waals surface area contributed by atoms with Crippen LogP contribution in [-0.2, 0) is 4.79 Å². The molecule has 2 heterocycles. The Labute approximate surface area is 174 Å². The Kier molecular flexibility index (Phi) is 7.24. The number of hydrogen-bond donors (Lipinski definition) is 2. The lowest BCUT2D eigenvalue weighted by atomic mass is 10.2. The van der Waals surface area contributed by atoms with Crippen LogP contribution in [0, 0.1) is 6.92 Å². The largest absolute Gasteiger partial charge is 0.362 e. The third-order valence-electron chi connectivity index (χ3n) is 4.09. The molecule has 0 radical (unpaired) electrons. The van der Waals surface area contributed by atoms with Crippen LogP contribution in [0.1, 0.15) is 23.3 Å². The Bertz CT molecular complexity index is 888. The SMILES string of the molecule is Cc1ccccc1N=C1NC(=O)/C(=C/c2cnc(NCCCCN(C)C)s2)S1. The highest BCUT2D eigenvalue weighted by molar-refractivity contribution is 8.18. The van der Waals surface area contributed by atoms with Gasteiger partial charge in [-0.2, -0.15) is 0 Å². The van der Waals surface area contributed by atoms with Gasteiger partial charge >= 0.3 is 0 Å². The predicted octanol–water partition coefficient (Wildman–Crippen LogP) is 4.10. The summed E-state index contributed by atoms with van der Waals surface area (Å²) in [6.45, 7) is 4.00. The number of thiazole rings is 1. The van der Waals surface area contributed by atoms with Crippen LogP contribution in [0.25, 0.3) is 6.08 Å². The van der Waals surface area contributed by atoms with Gasteiger partial charge in [0, 0.05) is 12.7 Å². The molecule has 148 valence electrons. The molecule has 3 rings (SSSR count). The molecule has 28 heavy (non-hydrogen) atoms. The number of thioether (sulfide) groups is 1. The minimum Gasteiger partial charge on any atom is -0.362 e. The standard InChI is InChI=1S/C20H25N5OS2/c1-14-8-4-5-9-16(14)23-20-24-18(26)17(28-20)12-15-13-22-19(27-15)21-10-6-7-11-25(2)3/h4-5,8-9,12-13H,6-7,10-11H2,1-3H3,(H,21,22)(H,23,24,26)/b17-12-. The summed E-state index contributed by atoms with van der Waals surface area (Å²) in [7, 11) is 4.17. The van der Waals surface area contributed by atoms with Crippen LogP contribution in [0.3, 0.4) is 0 Å². The van der Waals surface area contributed by atoms with Crippen molar-refractivity contribution < 1.29 is 4.79 Å². The van der Waals surface area contributed by atoms with Crippen LogP contribution >= 0.6 is 23.1 Å². The lowest BCUT2D eigenvalue weighted by Gasteiger charge is -2.08. The topological polar surface area (TPSA) is 69.6 Å². The van der Waals surface area contributed by atoms with Crippen molar-refractivity contribution >= 4 is 51.1 Å². The number of hydrogen-bond acceptors (Lipinski definition) is 7. The summed E-state index contributed by atoms with van der Waals surface area (Å²) in [5, 5.41) is 7.67. The highest BCUT2D eigenvalue weighted by Crippen LogP contribution is 2.30. The Morgan fingerprint density at radius 3 is 2.89 bits per heavy atom. The fraction of sp³-hybridized carbons (Fsp3) is 0.350. The van der Waals surface area contributed by atoms with Gasteiger partial charge in [0.15, 0.2) is 10.3 Å². The van der Waals surface area contributed by atoms with Gasteiger partial charge in [0.1, 0.15) is 0 Å². The molecule has 0 atom stereocenters. The summed E-state index contributed by atoms with van der Waals surface area (Å²) < 4.78 is 0. The summed E-state index contributed by atoms with van der Waals surface area (Å²) in [5.41, 5.74) is 1.94. The smallest absolute Gasteiger partial charge is 0.264 e. The van der Waals surface area contributed by atoms with E-state index in [1.165, 1.54) is 11.8 Å². The van der Waals surface area contributed by atoms with E-state index in [9.17, 15) is 4.79 Å². The Hall–Kier alpha value is -2.16. The average Bonchev–Trinajstić information content (AvgIpc) is 3.23. The molecule has 1 aromatic heterocycles. The molecule has 0 spiro atoms. The fourth-order valence-corrected chi connectivity index (χ4v) is 4.28. The van der Waals surface area contributed by atoms with E-state index in [1.807, 2.05) is 37.3 Å². The number of benzene rings is 1. The van der Waals surface area contributed by atoms with E-state index in [4.69, 9.17) is 0 Å². The van der Waals surface area contributed by atoms with Gasteiger partial charge < -0.3 is 15.5 Å². The maximum atomic E-state index is 12.3. The molecule has 0 aliphatic carbocycles. The average molecular weight is 416 g/mol. The second-order valence-electron chi connectivity index (χ2n) is 6.77. The van der Waals surface area contributed by atoms with Crippen LogP contribution in [0.15, 0.2) is 40.4 Å². The van der Waals surface area contributed by atoms with Crippen molar-refractivity contribution in [2.24, 2.45) is 4.99 Å². The molecule has 0 unspecified atom stereocenters. The Morgan fingerprint density at radius 2 is 2.11 bits per heavy atom. The molecule has 1 fully saturated rings. The first-order chi connectivity index (χ1) is 13.5. The van der Waals surface area contributed by atoms with Crippen LogP contribution in [0.4, 0.5) is 10.8 Å². The maximum absolute atomic E-state index is 12.3. The van der Waals surface area contributed by atoms with Gasteiger partial charge in [-0.05, 0) is 69.9 Å². The van der Waals surface area contributed by atoms with Gasteiger partial charge in [0.2, 0.25) is 0 Å². The zero-order valence-corrected chi connectivity index (χ0v) is 18.0. The number of amides is 1. The normalized spacial score (nSPS) is 16.9. The number of anilines is 1. The van der Waals surface area contributed by atoms with E-state index in [0.717, 1.165) is 47.2 Å². The minimum absolute atomic E-state index is 0.121. The van der Waals surface area contributed by atoms with E-state index < -0.39 is 0 Å². The van der Waals surface area contributed by atoms with E-state index in [-0.39, 0.29) is 5.91 Å². The van der Waals surface area contributed by atoms with Crippen molar-refractivity contribution in [3.8, 4) is 0 Å². The highest BCUT2D eigenvalue weighted by atomic mass is 32.2. The second kappa shape index (κ2) is 9.86. The molecular weight excluding hydrogens is 390 g/mol. The van der Waals surface area contributed by atoms with Crippen molar-refractivity contribution in [2.75, 3.05) is 32.5 Å². The molecule has 6 nitrogen and oxygen atoms in total. The molecule has 1 aliphatic heterocycles. The first kappa shape index (κ1) is 20.6. The van der Waals surface area contributed by atoms with Gasteiger partial charge in [0.25, 0.3) is 5.91 Å². The molecule has 8 heteroatoms. The summed E-state index contributed by atoms with van der Waals surface area (Å²) in [6.07, 6.45) is 5.92. The highest BCUT2D eigenvalue weighted by Gasteiger charge is 2.24. The zero-order valence-electron chi connectivity index (χ0n) is 16.4. The summed E-state index contributed by atoms with van der Waals surface area (Å²) in [6, 6.07) is 7.86. The van der Waals surface area contributed by atoms with Crippen molar-refractivity contribution in [1.29, 1.82) is 0 Å². The maximum Gasteiger partial charge on any atom is 0.264 e. The van der Waals surface area contributed by atoms with Gasteiger partial charge in [-0.25, -0.2) is 9.98 Å². The van der Waals surface area contributed by atoms with E-state index in [1.54, 1.807) is 17.5 Å². The molecule has 1 saturated heterocycles. The van der Waals surface area contributed by atoms with Crippen molar-refractivity contribution in [2.45, 2.75) is 19.8 Å². The van der Waals surface area contributed by atoms with Crippen LogP contribution in [0.5, 0.6) is 0 Å². The number of carbonyl (C=O) groups is 1. The quantitative estimate of drug-likeness (QED) is 0.502. The molecule has 2 aromatic rings. The Morgan fingerprint density at radius 1 is 1.29 bits per heavy atom. The molecular formula is C20H25N5OS2. The number of carbonyl (C=O) groups excluding carboxylic acids is 1. The van der Waals surface area contributed by atoms with E-state index in [0.29, 0.717) is 10.1 Å². The number of nitrogens with one attached hydrogen (secondary N) is 2. The third-order valence-corrected chi connectivity index (χ3v) is 5.91. The number of aliphatic imine (C=N–C) groups is 1. The fourth-order valence-electron chi connectivity index (χ4n) is 2.59. The number of unbranched alkanes of at least 4 members (excludes halogenated alkanes) is 1. The number of amidine groups is 1. The van der Waals surface area contributed by atoms with Gasteiger partial charge in [-0.15, -0.1) is 0 Å². The Balaban J connectivity index is 1.58. The molecule has 2 N–H and O–H groups in total. The summed E-state index contributed by atoms with van der Waals surface area (Å²) >= 11 is 2.91. The number of aryl methyl sites for hydroxylation is 1. The van der Waals surface area contributed by atoms with Crippen molar-refractivity contribution in [3.63, 3.8) is 0 Å². The lowest BCUT2D eigenvalue weighted by Crippen LogP contribution is -2.19. The first-order valence-electron chi connectivity index (χ1n) is 9.21.